The summed E-state index contributed by atoms with van der Waals surface area (Å²) in [6, 6.07) is 7.63. The summed E-state index contributed by atoms with van der Waals surface area (Å²) in [6.07, 6.45) is 3.57. The average molecular weight is 329 g/mol. The minimum Gasteiger partial charge on any atom is -0.496 e. The van der Waals surface area contributed by atoms with Crippen LogP contribution in [0.3, 0.4) is 0 Å². The van der Waals surface area contributed by atoms with Crippen LogP contribution in [-0.2, 0) is 11.8 Å². The largest absolute Gasteiger partial charge is 0.496 e. The molecule has 5 nitrogen and oxygen atoms in total. The van der Waals surface area contributed by atoms with Gasteiger partial charge in [0.1, 0.15) is 18.4 Å². The van der Waals surface area contributed by atoms with E-state index in [1.54, 1.807) is 13.2 Å². The van der Waals surface area contributed by atoms with Gasteiger partial charge in [-0.15, -0.1) is 0 Å². The molecule has 0 aliphatic carbocycles. The lowest BCUT2D eigenvalue weighted by atomic mass is 10.0. The van der Waals surface area contributed by atoms with Gasteiger partial charge in [0, 0.05) is 34.5 Å². The van der Waals surface area contributed by atoms with Crippen LogP contribution in [0.4, 0.5) is 10.5 Å². The van der Waals surface area contributed by atoms with Crippen molar-refractivity contribution in [1.29, 1.82) is 0 Å². The van der Waals surface area contributed by atoms with Crippen molar-refractivity contribution in [2.45, 2.75) is 33.3 Å². The van der Waals surface area contributed by atoms with Gasteiger partial charge >= 0.3 is 6.09 Å². The van der Waals surface area contributed by atoms with Crippen molar-refractivity contribution in [2.24, 2.45) is 7.05 Å². The lowest BCUT2D eigenvalue weighted by molar-refractivity contribution is -0.671. The summed E-state index contributed by atoms with van der Waals surface area (Å²) in [5.41, 5.74) is 3.30. The maximum absolute atomic E-state index is 11.9. The number of amides is 1. The minimum absolute atomic E-state index is 0.486. The maximum atomic E-state index is 11.9. The number of carbonyl (C=O) groups is 1. The van der Waals surface area contributed by atoms with E-state index < -0.39 is 11.7 Å². The van der Waals surface area contributed by atoms with Crippen LogP contribution in [-0.4, -0.2) is 18.8 Å². The van der Waals surface area contributed by atoms with E-state index >= 15 is 0 Å². The van der Waals surface area contributed by atoms with Crippen LogP contribution in [0.1, 0.15) is 26.3 Å². The third kappa shape index (κ3) is 4.47. The van der Waals surface area contributed by atoms with E-state index in [-0.39, 0.29) is 0 Å². The number of hydrogen-bond acceptors (Lipinski definition) is 3. The molecular formula is C19H25N2O3+. The highest BCUT2D eigenvalue weighted by molar-refractivity contribution is 5.86. The molecule has 0 radical (unpaired) electrons. The van der Waals surface area contributed by atoms with Gasteiger partial charge in [-0.3, -0.25) is 5.32 Å². The van der Waals surface area contributed by atoms with E-state index in [0.717, 1.165) is 16.7 Å². The summed E-state index contributed by atoms with van der Waals surface area (Å²) in [7, 11) is 3.61. The molecule has 0 bridgehead atoms. The zero-order valence-electron chi connectivity index (χ0n) is 15.1. The highest BCUT2D eigenvalue weighted by atomic mass is 16.6. The number of hydrogen-bond donors (Lipinski definition) is 1. The molecule has 0 saturated heterocycles. The Labute approximate surface area is 143 Å². The van der Waals surface area contributed by atoms with Crippen molar-refractivity contribution < 1.29 is 18.8 Å². The van der Waals surface area contributed by atoms with E-state index in [4.69, 9.17) is 9.47 Å². The third-order valence-corrected chi connectivity index (χ3v) is 3.44. The molecule has 1 aromatic carbocycles. The van der Waals surface area contributed by atoms with Crippen molar-refractivity contribution in [2.75, 3.05) is 12.4 Å². The standard InChI is InChI=1S/C19H24N2O3/c1-13-12-21(5)10-9-15(13)16-8-7-14(11-17(16)23-6)20-18(22)24-19(2,3)4/h7-12H,1-6H3/p+1. The molecule has 0 aliphatic rings. The monoisotopic (exact) mass is 329 g/mol. The Bertz CT molecular complexity index is 749. The fourth-order valence-corrected chi connectivity index (χ4v) is 2.46. The van der Waals surface area contributed by atoms with Crippen molar-refractivity contribution in [3.63, 3.8) is 0 Å². The molecule has 2 aromatic rings. The molecule has 128 valence electrons. The predicted octanol–water partition coefficient (Wildman–Crippen LogP) is 3.84. The first kappa shape index (κ1) is 17.8. The van der Waals surface area contributed by atoms with Gasteiger partial charge in [-0.05, 0) is 39.8 Å². The molecule has 0 saturated carbocycles. The Balaban J connectivity index is 2.29. The molecule has 1 N–H and O–H groups in total. The number of ether oxygens (including phenoxy) is 2. The van der Waals surface area contributed by atoms with Crippen LogP contribution < -0.4 is 14.6 Å². The summed E-state index contributed by atoms with van der Waals surface area (Å²) in [5, 5.41) is 2.73. The van der Waals surface area contributed by atoms with Crippen molar-refractivity contribution in [3.8, 4) is 16.9 Å². The minimum atomic E-state index is -0.537. The van der Waals surface area contributed by atoms with Gasteiger partial charge in [-0.25, -0.2) is 9.36 Å². The maximum Gasteiger partial charge on any atom is 0.412 e. The van der Waals surface area contributed by atoms with Crippen LogP contribution in [0.5, 0.6) is 5.75 Å². The SMILES string of the molecule is COc1cc(NC(=O)OC(C)(C)C)ccc1-c1cc[n+](C)cc1C. The normalized spacial score (nSPS) is 11.1. The van der Waals surface area contributed by atoms with Crippen LogP contribution >= 0.6 is 0 Å². The van der Waals surface area contributed by atoms with Gasteiger partial charge in [0.15, 0.2) is 12.4 Å². The van der Waals surface area contributed by atoms with E-state index in [0.29, 0.717) is 11.4 Å². The Morgan fingerprint density at radius 1 is 1.17 bits per heavy atom. The smallest absolute Gasteiger partial charge is 0.412 e. The zero-order chi connectivity index (χ0) is 17.9. The number of anilines is 1. The fourth-order valence-electron chi connectivity index (χ4n) is 2.46. The van der Waals surface area contributed by atoms with Gasteiger partial charge in [-0.1, -0.05) is 0 Å². The van der Waals surface area contributed by atoms with E-state index in [9.17, 15) is 4.79 Å². The van der Waals surface area contributed by atoms with Gasteiger partial charge in [0.05, 0.1) is 7.11 Å². The van der Waals surface area contributed by atoms with Crippen LogP contribution in [0.2, 0.25) is 0 Å². The summed E-state index contributed by atoms with van der Waals surface area (Å²) in [5.74, 6) is 0.695. The molecule has 1 amide bonds. The summed E-state index contributed by atoms with van der Waals surface area (Å²) >= 11 is 0. The fraction of sp³-hybridized carbons (Fsp3) is 0.368. The first-order valence-electron chi connectivity index (χ1n) is 7.84. The second kappa shape index (κ2) is 6.91. The number of aryl methyl sites for hydroxylation is 2. The molecule has 0 fully saturated rings. The zero-order valence-corrected chi connectivity index (χ0v) is 15.1. The number of carbonyl (C=O) groups excluding carboxylic acids is 1. The van der Waals surface area contributed by atoms with E-state index in [1.807, 2.05) is 56.8 Å². The molecule has 0 spiro atoms. The molecule has 0 unspecified atom stereocenters. The molecule has 0 aliphatic heterocycles. The highest BCUT2D eigenvalue weighted by Gasteiger charge is 2.17. The molecule has 0 atom stereocenters. The predicted molar refractivity (Wildman–Crippen MR) is 94.2 cm³/mol. The summed E-state index contributed by atoms with van der Waals surface area (Å²) < 4.78 is 12.8. The van der Waals surface area contributed by atoms with Crippen LogP contribution in [0, 0.1) is 6.92 Å². The second-order valence-electron chi connectivity index (χ2n) is 6.75. The first-order chi connectivity index (χ1) is 11.2. The van der Waals surface area contributed by atoms with Crippen molar-refractivity contribution in [1.82, 2.24) is 0 Å². The quantitative estimate of drug-likeness (QED) is 0.871. The third-order valence-electron chi connectivity index (χ3n) is 3.44. The van der Waals surface area contributed by atoms with E-state index in [2.05, 4.69) is 18.4 Å². The number of rotatable bonds is 3. The van der Waals surface area contributed by atoms with Gasteiger partial charge < -0.3 is 9.47 Å². The Morgan fingerprint density at radius 2 is 1.88 bits per heavy atom. The summed E-state index contributed by atoms with van der Waals surface area (Å²) in [6.45, 7) is 7.54. The Hall–Kier alpha value is -2.56. The number of methoxy groups -OCH3 is 1. The van der Waals surface area contributed by atoms with Crippen LogP contribution in [0.25, 0.3) is 11.1 Å². The Morgan fingerprint density at radius 3 is 2.46 bits per heavy atom. The van der Waals surface area contributed by atoms with Gasteiger partial charge in [0.2, 0.25) is 0 Å². The first-order valence-corrected chi connectivity index (χ1v) is 7.84. The highest BCUT2D eigenvalue weighted by Crippen LogP contribution is 2.33. The molecule has 5 heteroatoms. The molecular weight excluding hydrogens is 304 g/mol. The Kier molecular flexibility index (Phi) is 5.12. The number of aromatic nitrogens is 1. The van der Waals surface area contributed by atoms with Crippen LogP contribution in [0.15, 0.2) is 36.7 Å². The topological polar surface area (TPSA) is 51.4 Å². The van der Waals surface area contributed by atoms with E-state index in [1.165, 1.54) is 0 Å². The lowest BCUT2D eigenvalue weighted by Gasteiger charge is -2.20. The number of nitrogens with one attached hydrogen (secondary N) is 1. The summed E-state index contributed by atoms with van der Waals surface area (Å²) in [4.78, 5) is 11.9. The molecule has 1 aromatic heterocycles. The van der Waals surface area contributed by atoms with Crippen molar-refractivity contribution in [3.05, 3.63) is 42.2 Å². The van der Waals surface area contributed by atoms with Gasteiger partial charge in [0.25, 0.3) is 0 Å². The van der Waals surface area contributed by atoms with Gasteiger partial charge in [-0.2, -0.15) is 0 Å². The number of benzene rings is 1. The second-order valence-corrected chi connectivity index (χ2v) is 6.75. The number of nitrogens with zero attached hydrogens (tertiary/aromatic N) is 1. The molecule has 2 rings (SSSR count). The molecule has 24 heavy (non-hydrogen) atoms. The van der Waals surface area contributed by atoms with Crippen molar-refractivity contribution >= 4 is 11.8 Å². The molecule has 1 heterocycles. The average Bonchev–Trinajstić information content (AvgIpc) is 2.45. The number of pyridine rings is 1. The lowest BCUT2D eigenvalue weighted by Crippen LogP contribution is -2.27.